The second-order valence-corrected chi connectivity index (χ2v) is 7.61. The fourth-order valence-electron chi connectivity index (χ4n) is 3.15. The molecule has 0 atom stereocenters. The van der Waals surface area contributed by atoms with Gasteiger partial charge in [-0.25, -0.2) is 0 Å². The van der Waals surface area contributed by atoms with E-state index in [4.69, 9.17) is 0 Å². The van der Waals surface area contributed by atoms with Crippen molar-refractivity contribution in [2.45, 2.75) is 73.3 Å². The van der Waals surface area contributed by atoms with Crippen LogP contribution in [0.25, 0.3) is 0 Å². The number of hydrogen-bond donors (Lipinski definition) is 0. The molecule has 1 rings (SSSR count). The lowest BCUT2D eigenvalue weighted by atomic mass is 9.79. The Labute approximate surface area is 152 Å². The molecule has 4 heteroatoms. The maximum Gasteiger partial charge on any atom is 0.256 e. The third-order valence-corrected chi connectivity index (χ3v) is 5.24. The van der Waals surface area contributed by atoms with Crippen LogP contribution in [0.2, 0.25) is 0 Å². The SMILES string of the molecule is C/C=C\CN(C(=O)c1ccn(C(=O)C(CC)(CC)CC)c1)C(C)(C)C. The minimum Gasteiger partial charge on any atom is -0.330 e. The molecule has 1 aromatic heterocycles. The zero-order chi connectivity index (χ0) is 19.3. The molecule has 140 valence electrons. The molecule has 1 amide bonds. The van der Waals surface area contributed by atoms with E-state index in [-0.39, 0.29) is 22.8 Å². The Balaban J connectivity index is 3.14. The number of hydrogen-bond acceptors (Lipinski definition) is 2. The number of aromatic nitrogens is 1. The third kappa shape index (κ3) is 4.62. The maximum atomic E-state index is 13.0. The molecule has 0 radical (unpaired) electrons. The number of allylic oxidation sites excluding steroid dienone is 1. The smallest absolute Gasteiger partial charge is 0.256 e. The van der Waals surface area contributed by atoms with E-state index in [9.17, 15) is 9.59 Å². The second kappa shape index (κ2) is 8.50. The van der Waals surface area contributed by atoms with Gasteiger partial charge in [0.15, 0.2) is 0 Å². The predicted octanol–water partition coefficient (Wildman–Crippen LogP) is 5.16. The van der Waals surface area contributed by atoms with Gasteiger partial charge in [0.1, 0.15) is 0 Å². The van der Waals surface area contributed by atoms with Gasteiger partial charge in [0.25, 0.3) is 5.91 Å². The summed E-state index contributed by atoms with van der Waals surface area (Å²) in [6, 6.07) is 1.75. The number of carbonyl (C=O) groups is 2. The normalized spacial score (nSPS) is 12.6. The quantitative estimate of drug-likeness (QED) is 0.640. The minimum atomic E-state index is -0.353. The van der Waals surface area contributed by atoms with Gasteiger partial charge in [-0.3, -0.25) is 14.2 Å². The molecular formula is C21H34N2O2. The molecule has 0 N–H and O–H groups in total. The first-order chi connectivity index (χ1) is 11.7. The van der Waals surface area contributed by atoms with Gasteiger partial charge < -0.3 is 4.90 Å². The first-order valence-corrected chi connectivity index (χ1v) is 9.32. The number of nitrogens with zero attached hydrogens (tertiary/aromatic N) is 2. The third-order valence-electron chi connectivity index (χ3n) is 5.24. The van der Waals surface area contributed by atoms with Crippen molar-refractivity contribution >= 4 is 11.8 Å². The molecule has 0 aromatic carbocycles. The van der Waals surface area contributed by atoms with Crippen LogP contribution in [0, 0.1) is 5.41 Å². The molecule has 0 aliphatic heterocycles. The minimum absolute atomic E-state index is 0.0488. The first kappa shape index (κ1) is 21.2. The van der Waals surface area contributed by atoms with Gasteiger partial charge in [-0.1, -0.05) is 32.9 Å². The highest BCUT2D eigenvalue weighted by Crippen LogP contribution is 2.32. The fourth-order valence-corrected chi connectivity index (χ4v) is 3.15. The Bertz CT molecular complexity index is 608. The highest BCUT2D eigenvalue weighted by molar-refractivity contribution is 5.96. The average Bonchev–Trinajstić information content (AvgIpc) is 3.05. The summed E-state index contributed by atoms with van der Waals surface area (Å²) < 4.78 is 1.60. The van der Waals surface area contributed by atoms with Gasteiger partial charge in [0, 0.05) is 29.9 Å². The van der Waals surface area contributed by atoms with Crippen molar-refractivity contribution in [2.24, 2.45) is 5.41 Å². The van der Waals surface area contributed by atoms with Crippen LogP contribution < -0.4 is 0 Å². The Hall–Kier alpha value is -1.84. The van der Waals surface area contributed by atoms with E-state index in [0.717, 1.165) is 19.3 Å². The molecule has 1 heterocycles. The highest BCUT2D eigenvalue weighted by Gasteiger charge is 2.34. The van der Waals surface area contributed by atoms with Crippen LogP contribution in [0.5, 0.6) is 0 Å². The topological polar surface area (TPSA) is 42.3 Å². The fraction of sp³-hybridized carbons (Fsp3) is 0.619. The largest absolute Gasteiger partial charge is 0.330 e. The molecule has 0 saturated heterocycles. The monoisotopic (exact) mass is 346 g/mol. The lowest BCUT2D eigenvalue weighted by Gasteiger charge is -2.34. The molecular weight excluding hydrogens is 312 g/mol. The van der Waals surface area contributed by atoms with E-state index in [1.807, 2.05) is 44.7 Å². The Kier molecular flexibility index (Phi) is 7.21. The molecule has 0 bridgehead atoms. The summed E-state index contributed by atoms with van der Waals surface area (Å²) in [5.74, 6) is 0.0297. The zero-order valence-corrected chi connectivity index (χ0v) is 16.9. The summed E-state index contributed by atoms with van der Waals surface area (Å²) in [7, 11) is 0. The van der Waals surface area contributed by atoms with E-state index >= 15 is 0 Å². The van der Waals surface area contributed by atoms with Crippen LogP contribution in [-0.2, 0) is 0 Å². The summed E-state index contributed by atoms with van der Waals surface area (Å²) in [5.41, 5.74) is -0.0820. The van der Waals surface area contributed by atoms with Crippen LogP contribution in [0.3, 0.4) is 0 Å². The van der Waals surface area contributed by atoms with E-state index in [1.54, 1.807) is 23.0 Å². The molecule has 0 unspecified atom stereocenters. The molecule has 4 nitrogen and oxygen atoms in total. The summed E-state index contributed by atoms with van der Waals surface area (Å²) in [5, 5.41) is 0. The predicted molar refractivity (Wildman–Crippen MR) is 104 cm³/mol. The van der Waals surface area contributed by atoms with Gasteiger partial charge in [0.2, 0.25) is 5.91 Å². The van der Waals surface area contributed by atoms with Crippen molar-refractivity contribution in [2.75, 3.05) is 6.54 Å². The highest BCUT2D eigenvalue weighted by atomic mass is 16.2. The van der Waals surface area contributed by atoms with Gasteiger partial charge in [-0.2, -0.15) is 0 Å². The van der Waals surface area contributed by atoms with Crippen LogP contribution in [0.15, 0.2) is 30.6 Å². The summed E-state index contributed by atoms with van der Waals surface area (Å²) >= 11 is 0. The van der Waals surface area contributed by atoms with Crippen molar-refractivity contribution in [3.63, 3.8) is 0 Å². The molecule has 0 fully saturated rings. The molecule has 25 heavy (non-hydrogen) atoms. The molecule has 0 spiro atoms. The van der Waals surface area contributed by atoms with Gasteiger partial charge in [-0.15, -0.1) is 0 Å². The van der Waals surface area contributed by atoms with Crippen molar-refractivity contribution in [3.8, 4) is 0 Å². The van der Waals surface area contributed by atoms with Crippen LogP contribution >= 0.6 is 0 Å². The lowest BCUT2D eigenvalue weighted by molar-refractivity contribution is 0.0616. The second-order valence-electron chi connectivity index (χ2n) is 7.61. The van der Waals surface area contributed by atoms with Crippen LogP contribution in [0.4, 0.5) is 0 Å². The first-order valence-electron chi connectivity index (χ1n) is 9.32. The number of carbonyl (C=O) groups excluding carboxylic acids is 2. The van der Waals surface area contributed by atoms with Crippen molar-refractivity contribution in [1.82, 2.24) is 9.47 Å². The number of amides is 1. The summed E-state index contributed by atoms with van der Waals surface area (Å²) in [4.78, 5) is 27.7. The van der Waals surface area contributed by atoms with Gasteiger partial charge in [0.05, 0.1) is 5.56 Å². The molecule has 1 aromatic rings. The molecule has 0 aliphatic rings. The van der Waals surface area contributed by atoms with Crippen molar-refractivity contribution < 1.29 is 9.59 Å². The van der Waals surface area contributed by atoms with E-state index in [0.29, 0.717) is 12.1 Å². The number of rotatable bonds is 7. The van der Waals surface area contributed by atoms with Crippen LogP contribution in [0.1, 0.15) is 82.9 Å². The van der Waals surface area contributed by atoms with Crippen molar-refractivity contribution in [1.29, 1.82) is 0 Å². The molecule has 0 saturated carbocycles. The lowest BCUT2D eigenvalue weighted by Crippen LogP contribution is -2.45. The van der Waals surface area contributed by atoms with Gasteiger partial charge in [-0.05, 0) is 53.0 Å². The summed E-state index contributed by atoms with van der Waals surface area (Å²) in [6.45, 7) is 14.7. The Morgan fingerprint density at radius 1 is 1.12 bits per heavy atom. The molecule has 0 aliphatic carbocycles. The maximum absolute atomic E-state index is 13.0. The van der Waals surface area contributed by atoms with E-state index in [1.165, 1.54) is 0 Å². The standard InChI is InChI=1S/C21H34N2O2/c1-8-12-14-23(20(5,6)7)18(24)17-13-15-22(16-17)19(25)21(9-2,10-3)11-4/h8,12-13,15-16H,9-11,14H2,1-7H3/b12-8-. The van der Waals surface area contributed by atoms with Gasteiger partial charge >= 0.3 is 0 Å². The Morgan fingerprint density at radius 3 is 2.12 bits per heavy atom. The Morgan fingerprint density at radius 2 is 1.68 bits per heavy atom. The van der Waals surface area contributed by atoms with E-state index < -0.39 is 0 Å². The average molecular weight is 347 g/mol. The van der Waals surface area contributed by atoms with Crippen molar-refractivity contribution in [3.05, 3.63) is 36.2 Å². The summed E-state index contributed by atoms with van der Waals surface area (Å²) in [6.07, 6.45) is 9.73. The van der Waals surface area contributed by atoms with Crippen LogP contribution in [-0.4, -0.2) is 33.4 Å². The zero-order valence-electron chi connectivity index (χ0n) is 16.9. The van der Waals surface area contributed by atoms with E-state index in [2.05, 4.69) is 20.8 Å².